The molecule has 0 bridgehead atoms. The Morgan fingerprint density at radius 2 is 2.23 bits per heavy atom. The molecule has 1 fully saturated rings. The van der Waals surface area contributed by atoms with Crippen LogP contribution in [0.1, 0.15) is 23.2 Å². The Labute approximate surface area is 80.5 Å². The fourth-order valence-corrected chi connectivity index (χ4v) is 2.01. The first kappa shape index (κ1) is 8.50. The van der Waals surface area contributed by atoms with Crippen LogP contribution in [0.4, 0.5) is 5.00 Å². The van der Waals surface area contributed by atoms with Crippen molar-refractivity contribution in [3.05, 3.63) is 11.8 Å². The van der Waals surface area contributed by atoms with Gasteiger partial charge in [0.15, 0.2) is 0 Å². The Bertz CT molecular complexity index is 317. The molecule has 1 saturated heterocycles. The molecule has 0 radical (unpaired) electrons. The molecule has 70 valence electrons. The minimum Gasteiger partial charge on any atom is -0.389 e. The molecule has 13 heavy (non-hydrogen) atoms. The summed E-state index contributed by atoms with van der Waals surface area (Å²) in [7, 11) is 0. The van der Waals surface area contributed by atoms with Gasteiger partial charge in [-0.3, -0.25) is 4.79 Å². The average molecular weight is 197 g/mol. The molecule has 1 aliphatic rings. The zero-order valence-corrected chi connectivity index (χ0v) is 8.01. The van der Waals surface area contributed by atoms with Crippen LogP contribution in [-0.4, -0.2) is 28.3 Å². The third-order valence-corrected chi connectivity index (χ3v) is 2.85. The lowest BCUT2D eigenvalue weighted by atomic mass is 10.3. The molecular formula is C8H11N3OS. The first-order valence-electron chi connectivity index (χ1n) is 4.28. The van der Waals surface area contributed by atoms with Crippen LogP contribution in [-0.2, 0) is 0 Å². The Balaban J connectivity index is 2.17. The first-order chi connectivity index (χ1) is 6.29. The van der Waals surface area contributed by atoms with E-state index in [-0.39, 0.29) is 5.91 Å². The maximum Gasteiger partial charge on any atom is 0.258 e. The molecule has 0 aromatic carbocycles. The highest BCUT2D eigenvalue weighted by Gasteiger charge is 2.22. The number of hydrogen-bond acceptors (Lipinski definition) is 4. The molecule has 1 aromatic rings. The fourth-order valence-electron chi connectivity index (χ4n) is 1.50. The third-order valence-electron chi connectivity index (χ3n) is 2.22. The van der Waals surface area contributed by atoms with E-state index in [2.05, 4.69) is 4.37 Å². The van der Waals surface area contributed by atoms with Gasteiger partial charge in [0.2, 0.25) is 0 Å². The molecule has 1 aliphatic heterocycles. The number of hydrogen-bond donors (Lipinski definition) is 1. The van der Waals surface area contributed by atoms with Crippen molar-refractivity contribution in [1.82, 2.24) is 9.27 Å². The molecular weight excluding hydrogens is 186 g/mol. The van der Waals surface area contributed by atoms with Crippen molar-refractivity contribution in [3.8, 4) is 0 Å². The molecule has 1 amide bonds. The predicted molar refractivity (Wildman–Crippen MR) is 51.7 cm³/mol. The second-order valence-electron chi connectivity index (χ2n) is 3.10. The van der Waals surface area contributed by atoms with Crippen LogP contribution in [0.25, 0.3) is 0 Å². The number of carbonyl (C=O) groups is 1. The van der Waals surface area contributed by atoms with Gasteiger partial charge in [-0.25, -0.2) is 0 Å². The van der Waals surface area contributed by atoms with Crippen LogP contribution in [0.5, 0.6) is 0 Å². The fraction of sp³-hybridized carbons (Fsp3) is 0.500. The van der Waals surface area contributed by atoms with Gasteiger partial charge in [-0.05, 0) is 24.4 Å². The average Bonchev–Trinajstić information content (AvgIpc) is 2.72. The Morgan fingerprint density at radius 3 is 2.77 bits per heavy atom. The number of nitrogens with two attached hydrogens (primary N) is 1. The topological polar surface area (TPSA) is 59.2 Å². The van der Waals surface area contributed by atoms with E-state index in [4.69, 9.17) is 5.73 Å². The molecule has 0 unspecified atom stereocenters. The standard InChI is InChI=1S/C8H11N3OS/c9-7-6(5-10-13-7)8(12)11-3-1-2-4-11/h5H,1-4,9H2. The highest BCUT2D eigenvalue weighted by Crippen LogP contribution is 2.20. The molecule has 0 saturated carbocycles. The van der Waals surface area contributed by atoms with Crippen molar-refractivity contribution in [1.29, 1.82) is 0 Å². The van der Waals surface area contributed by atoms with Gasteiger partial charge in [0.1, 0.15) is 5.00 Å². The van der Waals surface area contributed by atoms with Crippen molar-refractivity contribution in [3.63, 3.8) is 0 Å². The molecule has 1 aromatic heterocycles. The molecule has 2 rings (SSSR count). The van der Waals surface area contributed by atoms with E-state index in [1.54, 1.807) is 6.20 Å². The summed E-state index contributed by atoms with van der Waals surface area (Å²) < 4.78 is 3.88. The molecule has 0 atom stereocenters. The maximum absolute atomic E-state index is 11.7. The number of carbonyl (C=O) groups excluding carboxylic acids is 1. The van der Waals surface area contributed by atoms with Gasteiger partial charge in [0, 0.05) is 13.1 Å². The molecule has 4 nitrogen and oxygen atoms in total. The summed E-state index contributed by atoms with van der Waals surface area (Å²) in [6.07, 6.45) is 3.76. The zero-order valence-electron chi connectivity index (χ0n) is 7.19. The molecule has 2 N–H and O–H groups in total. The lowest BCUT2D eigenvalue weighted by Gasteiger charge is -2.13. The number of nitrogen functional groups attached to an aromatic ring is 1. The summed E-state index contributed by atoms with van der Waals surface area (Å²) in [4.78, 5) is 13.6. The maximum atomic E-state index is 11.7. The van der Waals surface area contributed by atoms with E-state index >= 15 is 0 Å². The van der Waals surface area contributed by atoms with E-state index in [0.717, 1.165) is 25.9 Å². The van der Waals surface area contributed by atoms with Gasteiger partial charge >= 0.3 is 0 Å². The van der Waals surface area contributed by atoms with Crippen molar-refractivity contribution in [2.24, 2.45) is 0 Å². The number of amides is 1. The number of aromatic nitrogens is 1. The molecule has 0 spiro atoms. The summed E-state index contributed by atoms with van der Waals surface area (Å²) >= 11 is 1.17. The van der Waals surface area contributed by atoms with E-state index in [9.17, 15) is 4.79 Å². The summed E-state index contributed by atoms with van der Waals surface area (Å²) in [5.74, 6) is 0.0313. The Morgan fingerprint density at radius 1 is 1.54 bits per heavy atom. The highest BCUT2D eigenvalue weighted by atomic mass is 32.1. The highest BCUT2D eigenvalue weighted by molar-refractivity contribution is 7.10. The zero-order chi connectivity index (χ0) is 9.26. The van der Waals surface area contributed by atoms with Crippen LogP contribution in [0.15, 0.2) is 6.20 Å². The first-order valence-corrected chi connectivity index (χ1v) is 5.06. The quantitative estimate of drug-likeness (QED) is 0.729. The van der Waals surface area contributed by atoms with Gasteiger partial charge in [0.25, 0.3) is 5.91 Å². The van der Waals surface area contributed by atoms with Gasteiger partial charge in [-0.15, -0.1) is 0 Å². The summed E-state index contributed by atoms with van der Waals surface area (Å²) in [6, 6.07) is 0. The van der Waals surface area contributed by atoms with Gasteiger partial charge in [0.05, 0.1) is 11.8 Å². The van der Waals surface area contributed by atoms with Crippen molar-refractivity contribution >= 4 is 22.4 Å². The van der Waals surface area contributed by atoms with E-state index in [1.807, 2.05) is 4.90 Å². The molecule has 0 aliphatic carbocycles. The van der Waals surface area contributed by atoms with Crippen LogP contribution in [0.2, 0.25) is 0 Å². The second-order valence-corrected chi connectivity index (χ2v) is 3.94. The normalized spacial score (nSPS) is 16.5. The SMILES string of the molecule is Nc1sncc1C(=O)N1CCCC1. The van der Waals surface area contributed by atoms with Crippen LogP contribution in [0.3, 0.4) is 0 Å². The minimum atomic E-state index is 0.0313. The number of rotatable bonds is 1. The second kappa shape index (κ2) is 3.33. The predicted octanol–water partition coefficient (Wildman–Crippen LogP) is 0.961. The largest absolute Gasteiger partial charge is 0.389 e. The van der Waals surface area contributed by atoms with Gasteiger partial charge in [-0.2, -0.15) is 4.37 Å². The van der Waals surface area contributed by atoms with Crippen LogP contribution >= 0.6 is 11.5 Å². The summed E-state index contributed by atoms with van der Waals surface area (Å²) in [5, 5.41) is 0.525. The van der Waals surface area contributed by atoms with Gasteiger partial charge in [-0.1, -0.05) is 0 Å². The smallest absolute Gasteiger partial charge is 0.258 e. The monoisotopic (exact) mass is 197 g/mol. The van der Waals surface area contributed by atoms with Crippen molar-refractivity contribution in [2.75, 3.05) is 18.8 Å². The molecule has 2 heterocycles. The van der Waals surface area contributed by atoms with E-state index in [0.29, 0.717) is 10.6 Å². The summed E-state index contributed by atoms with van der Waals surface area (Å²) in [5.41, 5.74) is 6.18. The molecule has 5 heteroatoms. The third kappa shape index (κ3) is 1.51. The lowest BCUT2D eigenvalue weighted by Crippen LogP contribution is -2.27. The lowest BCUT2D eigenvalue weighted by molar-refractivity contribution is 0.0794. The Kier molecular flexibility index (Phi) is 2.18. The van der Waals surface area contributed by atoms with Crippen molar-refractivity contribution in [2.45, 2.75) is 12.8 Å². The minimum absolute atomic E-state index is 0.0313. The number of likely N-dealkylation sites (tertiary alicyclic amines) is 1. The van der Waals surface area contributed by atoms with Gasteiger partial charge < -0.3 is 10.6 Å². The van der Waals surface area contributed by atoms with Crippen LogP contribution < -0.4 is 5.73 Å². The van der Waals surface area contributed by atoms with E-state index in [1.165, 1.54) is 11.5 Å². The van der Waals surface area contributed by atoms with Crippen molar-refractivity contribution < 1.29 is 4.79 Å². The van der Waals surface area contributed by atoms with Crippen LogP contribution in [0, 0.1) is 0 Å². The number of anilines is 1. The Hall–Kier alpha value is -1.10. The number of nitrogens with zero attached hydrogens (tertiary/aromatic N) is 2. The summed E-state index contributed by atoms with van der Waals surface area (Å²) in [6.45, 7) is 1.71. The van der Waals surface area contributed by atoms with E-state index < -0.39 is 0 Å².